The lowest BCUT2D eigenvalue weighted by atomic mass is 10.2. The number of hydrogen-bond donors (Lipinski definition) is 1. The van der Waals surface area contributed by atoms with E-state index in [4.69, 9.17) is 9.52 Å². The Morgan fingerprint density at radius 3 is 2.50 bits per heavy atom. The highest BCUT2D eigenvalue weighted by Crippen LogP contribution is 2.20. The maximum absolute atomic E-state index is 12.3. The first kappa shape index (κ1) is 14.6. The predicted molar refractivity (Wildman–Crippen MR) is 57.3 cm³/mol. The molecule has 0 atom stereocenters. The highest BCUT2D eigenvalue weighted by Gasteiger charge is 2.32. The molecule has 0 bridgehead atoms. The number of furan rings is 1. The van der Waals surface area contributed by atoms with Gasteiger partial charge in [0.15, 0.2) is 0 Å². The SMILES string of the molecule is CC(C)N(Cc1cc(C(=O)O)co1)CC(F)(F)F. The number of nitrogens with zero attached hydrogens (tertiary/aromatic N) is 1. The predicted octanol–water partition coefficient (Wildman–Crippen LogP) is 2.75. The first-order chi connectivity index (χ1) is 8.19. The van der Waals surface area contributed by atoms with Crippen LogP contribution >= 0.6 is 0 Å². The molecule has 0 saturated carbocycles. The molecule has 0 amide bonds. The maximum atomic E-state index is 12.3. The largest absolute Gasteiger partial charge is 0.478 e. The van der Waals surface area contributed by atoms with Gasteiger partial charge in [-0.3, -0.25) is 4.90 Å². The molecule has 4 nitrogen and oxygen atoms in total. The summed E-state index contributed by atoms with van der Waals surface area (Å²) in [5, 5.41) is 8.67. The van der Waals surface area contributed by atoms with Crippen LogP contribution < -0.4 is 0 Å². The first-order valence-corrected chi connectivity index (χ1v) is 5.30. The van der Waals surface area contributed by atoms with Crippen molar-refractivity contribution in [2.24, 2.45) is 0 Å². The molecule has 0 aliphatic heterocycles. The van der Waals surface area contributed by atoms with Crippen LogP contribution in [0, 0.1) is 0 Å². The van der Waals surface area contributed by atoms with Crippen LogP contribution in [-0.4, -0.2) is 34.7 Å². The average molecular weight is 265 g/mol. The number of carboxylic acid groups (broad SMARTS) is 1. The van der Waals surface area contributed by atoms with E-state index in [0.717, 1.165) is 11.2 Å². The van der Waals surface area contributed by atoms with Crippen molar-refractivity contribution in [1.29, 1.82) is 0 Å². The van der Waals surface area contributed by atoms with Gasteiger partial charge in [0.25, 0.3) is 0 Å². The first-order valence-electron chi connectivity index (χ1n) is 5.30. The molecule has 1 heterocycles. The maximum Gasteiger partial charge on any atom is 0.401 e. The molecule has 0 saturated heterocycles. The zero-order chi connectivity index (χ0) is 13.9. The third-order valence-corrected chi connectivity index (χ3v) is 2.37. The number of alkyl halides is 3. The lowest BCUT2D eigenvalue weighted by Gasteiger charge is -2.26. The fourth-order valence-electron chi connectivity index (χ4n) is 1.43. The third kappa shape index (κ3) is 4.40. The number of rotatable bonds is 5. The normalized spacial score (nSPS) is 12.4. The number of carbonyl (C=O) groups is 1. The van der Waals surface area contributed by atoms with Crippen molar-refractivity contribution in [2.75, 3.05) is 6.54 Å². The summed E-state index contributed by atoms with van der Waals surface area (Å²) in [6.07, 6.45) is -3.28. The Hall–Kier alpha value is -1.50. The van der Waals surface area contributed by atoms with E-state index in [1.807, 2.05) is 0 Å². The molecular formula is C11H14F3NO3. The minimum Gasteiger partial charge on any atom is -0.478 e. The van der Waals surface area contributed by atoms with E-state index >= 15 is 0 Å². The average Bonchev–Trinajstić information content (AvgIpc) is 2.63. The van der Waals surface area contributed by atoms with Gasteiger partial charge in [0.1, 0.15) is 12.0 Å². The molecule has 0 spiro atoms. The Kier molecular flexibility index (Phi) is 4.39. The molecule has 0 radical (unpaired) electrons. The number of hydrogen-bond acceptors (Lipinski definition) is 3. The second-order valence-corrected chi connectivity index (χ2v) is 4.22. The van der Waals surface area contributed by atoms with Crippen LogP contribution in [0.15, 0.2) is 16.7 Å². The van der Waals surface area contributed by atoms with Gasteiger partial charge in [0.05, 0.1) is 18.7 Å². The molecule has 1 N–H and O–H groups in total. The Bertz CT molecular complexity index is 412. The monoisotopic (exact) mass is 265 g/mol. The van der Waals surface area contributed by atoms with Gasteiger partial charge in [0.2, 0.25) is 0 Å². The van der Waals surface area contributed by atoms with Crippen molar-refractivity contribution in [2.45, 2.75) is 32.6 Å². The Labute approximate surface area is 102 Å². The molecule has 0 fully saturated rings. The van der Waals surface area contributed by atoms with Crippen LogP contribution in [-0.2, 0) is 6.54 Å². The minimum atomic E-state index is -4.30. The smallest absolute Gasteiger partial charge is 0.401 e. The highest BCUT2D eigenvalue weighted by atomic mass is 19.4. The van der Waals surface area contributed by atoms with E-state index in [9.17, 15) is 18.0 Å². The van der Waals surface area contributed by atoms with Gasteiger partial charge in [-0.15, -0.1) is 0 Å². The Morgan fingerprint density at radius 1 is 1.50 bits per heavy atom. The lowest BCUT2D eigenvalue weighted by Crippen LogP contribution is -2.38. The van der Waals surface area contributed by atoms with Crippen LogP contribution in [0.4, 0.5) is 13.2 Å². The zero-order valence-electron chi connectivity index (χ0n) is 9.99. The van der Waals surface area contributed by atoms with Crippen LogP contribution in [0.3, 0.4) is 0 Å². The van der Waals surface area contributed by atoms with Crippen LogP contribution in [0.5, 0.6) is 0 Å². The molecule has 1 aromatic rings. The van der Waals surface area contributed by atoms with E-state index in [2.05, 4.69) is 0 Å². The highest BCUT2D eigenvalue weighted by molar-refractivity contribution is 5.87. The van der Waals surface area contributed by atoms with Crippen molar-refractivity contribution in [3.8, 4) is 0 Å². The molecule has 102 valence electrons. The van der Waals surface area contributed by atoms with Gasteiger partial charge in [-0.05, 0) is 19.9 Å². The second-order valence-electron chi connectivity index (χ2n) is 4.22. The Balaban J connectivity index is 2.74. The summed E-state index contributed by atoms with van der Waals surface area (Å²) in [7, 11) is 0. The van der Waals surface area contributed by atoms with Gasteiger partial charge in [-0.25, -0.2) is 4.79 Å². The molecule has 0 unspecified atom stereocenters. The minimum absolute atomic E-state index is 0.0688. The third-order valence-electron chi connectivity index (χ3n) is 2.37. The van der Waals surface area contributed by atoms with Gasteiger partial charge in [-0.1, -0.05) is 0 Å². The summed E-state index contributed by atoms with van der Waals surface area (Å²) in [6.45, 7) is 2.12. The standard InChI is InChI=1S/C11H14F3NO3/c1-7(2)15(6-11(12,13)14)4-9-3-8(5-18-9)10(16)17/h3,5,7H,4,6H2,1-2H3,(H,16,17). The van der Waals surface area contributed by atoms with Crippen molar-refractivity contribution in [1.82, 2.24) is 4.90 Å². The summed E-state index contributed by atoms with van der Waals surface area (Å²) in [5.74, 6) is -0.970. The zero-order valence-corrected chi connectivity index (χ0v) is 9.99. The van der Waals surface area contributed by atoms with E-state index in [-0.39, 0.29) is 23.9 Å². The van der Waals surface area contributed by atoms with E-state index < -0.39 is 18.7 Å². The van der Waals surface area contributed by atoms with Crippen LogP contribution in [0.25, 0.3) is 0 Å². The van der Waals surface area contributed by atoms with Crippen molar-refractivity contribution in [3.63, 3.8) is 0 Å². The lowest BCUT2D eigenvalue weighted by molar-refractivity contribution is -0.151. The van der Waals surface area contributed by atoms with Gasteiger partial charge < -0.3 is 9.52 Å². The van der Waals surface area contributed by atoms with E-state index in [1.54, 1.807) is 13.8 Å². The molecule has 18 heavy (non-hydrogen) atoms. The van der Waals surface area contributed by atoms with Gasteiger partial charge >= 0.3 is 12.1 Å². The number of carboxylic acids is 1. The quantitative estimate of drug-likeness (QED) is 0.889. The molecule has 0 aromatic carbocycles. The Morgan fingerprint density at radius 2 is 2.11 bits per heavy atom. The summed E-state index contributed by atoms with van der Waals surface area (Å²) >= 11 is 0. The van der Waals surface area contributed by atoms with E-state index in [1.165, 1.54) is 6.07 Å². The molecular weight excluding hydrogens is 251 g/mol. The van der Waals surface area contributed by atoms with Gasteiger partial charge in [-0.2, -0.15) is 13.2 Å². The number of aromatic carboxylic acids is 1. The van der Waals surface area contributed by atoms with Crippen molar-refractivity contribution in [3.05, 3.63) is 23.7 Å². The van der Waals surface area contributed by atoms with Crippen LogP contribution in [0.2, 0.25) is 0 Å². The molecule has 7 heteroatoms. The van der Waals surface area contributed by atoms with Crippen molar-refractivity contribution < 1.29 is 27.5 Å². The second kappa shape index (κ2) is 5.43. The molecule has 0 aliphatic rings. The summed E-state index contributed by atoms with van der Waals surface area (Å²) in [4.78, 5) is 11.8. The molecule has 0 aliphatic carbocycles. The molecule has 1 rings (SSSR count). The summed E-state index contributed by atoms with van der Waals surface area (Å²) in [5.41, 5.74) is -0.0688. The summed E-state index contributed by atoms with van der Waals surface area (Å²) in [6, 6.07) is 0.902. The van der Waals surface area contributed by atoms with Crippen molar-refractivity contribution >= 4 is 5.97 Å². The molecule has 1 aromatic heterocycles. The van der Waals surface area contributed by atoms with Crippen LogP contribution in [0.1, 0.15) is 30.0 Å². The summed E-state index contributed by atoms with van der Waals surface area (Å²) < 4.78 is 41.9. The number of halogens is 3. The fraction of sp³-hybridized carbons (Fsp3) is 0.545. The fourth-order valence-corrected chi connectivity index (χ4v) is 1.43. The van der Waals surface area contributed by atoms with E-state index in [0.29, 0.717) is 0 Å². The van der Waals surface area contributed by atoms with Gasteiger partial charge in [0, 0.05) is 6.04 Å². The topological polar surface area (TPSA) is 53.7 Å².